The van der Waals surface area contributed by atoms with E-state index in [0.717, 1.165) is 0 Å². The molecule has 3 heteroatoms. The van der Waals surface area contributed by atoms with E-state index in [-0.39, 0.29) is 8.80 Å². The molecule has 15 heavy (non-hydrogen) atoms. The highest BCUT2D eigenvalue weighted by molar-refractivity contribution is 7.21. The van der Waals surface area contributed by atoms with E-state index >= 15 is 0 Å². The van der Waals surface area contributed by atoms with Crippen LogP contribution in [0.3, 0.4) is 0 Å². The lowest BCUT2D eigenvalue weighted by atomic mass is 10.4. The van der Waals surface area contributed by atoms with E-state index in [4.69, 9.17) is 11.1 Å². The molecule has 1 saturated heterocycles. The zero-order chi connectivity index (χ0) is 11.1. The summed E-state index contributed by atoms with van der Waals surface area (Å²) in [5.74, 6) is 0. The van der Waals surface area contributed by atoms with E-state index in [1.165, 1.54) is 43.8 Å². The molecule has 0 aromatic carbocycles. The summed E-state index contributed by atoms with van der Waals surface area (Å²) in [5, 5.41) is 0. The summed E-state index contributed by atoms with van der Waals surface area (Å²) in [6.45, 7) is 4.61. The largest absolute Gasteiger partial charge is 0.167 e. The fourth-order valence-corrected chi connectivity index (χ4v) is 16.1. The van der Waals surface area contributed by atoms with E-state index in [2.05, 4.69) is 13.8 Å². The van der Waals surface area contributed by atoms with Gasteiger partial charge in [-0.15, -0.1) is 0 Å². The maximum atomic E-state index is 6.81. The summed E-state index contributed by atoms with van der Waals surface area (Å²) < 4.78 is 0. The zero-order valence-corrected chi connectivity index (χ0v) is 13.4. The lowest BCUT2D eigenvalue weighted by Gasteiger charge is -2.32. The first-order valence-electron chi connectivity index (χ1n) is 6.89. The fourth-order valence-electron chi connectivity index (χ4n) is 2.72. The first-order valence-corrected chi connectivity index (χ1v) is 13.0. The van der Waals surface area contributed by atoms with Gasteiger partial charge >= 0.3 is 0 Å². The second kappa shape index (κ2) is 7.13. The Bertz CT molecular complexity index is 165. The van der Waals surface area contributed by atoms with Crippen LogP contribution in [0.5, 0.6) is 0 Å². The molecule has 0 bridgehead atoms. The lowest BCUT2D eigenvalue weighted by Crippen LogP contribution is -2.35. The van der Waals surface area contributed by atoms with Crippen LogP contribution in [-0.4, -0.2) is 16.2 Å². The highest BCUT2D eigenvalue weighted by Gasteiger charge is 2.35. The van der Waals surface area contributed by atoms with Crippen LogP contribution in [0, 0.1) is 0 Å². The van der Waals surface area contributed by atoms with Crippen molar-refractivity contribution in [2.45, 2.75) is 75.8 Å². The topological polar surface area (TPSA) is 0 Å². The molecule has 0 aromatic heterocycles. The molecule has 0 spiro atoms. The molecule has 0 saturated carbocycles. The Morgan fingerprint density at radius 2 is 1.67 bits per heavy atom. The molecule has 0 aromatic rings. The molecule has 0 nitrogen and oxygen atoms in total. The van der Waals surface area contributed by atoms with E-state index in [0.29, 0.717) is 0 Å². The Balaban J connectivity index is 2.21. The van der Waals surface area contributed by atoms with Gasteiger partial charge in [-0.05, 0) is 18.1 Å². The highest BCUT2D eigenvalue weighted by Crippen LogP contribution is 2.38. The molecular weight excluding hydrogens is 236 g/mol. The number of hydrogen-bond donors (Lipinski definition) is 0. The van der Waals surface area contributed by atoms with Gasteiger partial charge in [0.1, 0.15) is 0 Å². The fraction of sp³-hybridized carbons (Fsp3) is 1.00. The average molecular weight is 263 g/mol. The zero-order valence-electron chi connectivity index (χ0n) is 10.5. The molecule has 1 aliphatic rings. The predicted octanol–water partition coefficient (Wildman–Crippen LogP) is 5.01. The maximum Gasteiger partial charge on any atom is 0.155 e. The molecule has 0 aliphatic carbocycles. The standard InChI is InChI=1S/C12H27ClSi2/c1-3-5-7-14-8-11-15(13,12-9-14)10-6-4-2/h14H,3-12H2,1-2H3. The van der Waals surface area contributed by atoms with Crippen molar-refractivity contribution >= 4 is 27.3 Å². The molecule has 0 amide bonds. The van der Waals surface area contributed by atoms with Crippen LogP contribution in [-0.2, 0) is 0 Å². The van der Waals surface area contributed by atoms with Gasteiger partial charge in [-0.3, -0.25) is 0 Å². The molecule has 0 atom stereocenters. The van der Waals surface area contributed by atoms with Gasteiger partial charge in [0.05, 0.1) is 0 Å². The van der Waals surface area contributed by atoms with Crippen molar-refractivity contribution < 1.29 is 0 Å². The van der Waals surface area contributed by atoms with Crippen LogP contribution in [0.1, 0.15) is 39.5 Å². The molecule has 0 unspecified atom stereocenters. The summed E-state index contributed by atoms with van der Waals surface area (Å²) in [6.07, 6.45) is 5.60. The Hall–Kier alpha value is 0.724. The minimum absolute atomic E-state index is 0.310. The number of halogens is 1. The van der Waals surface area contributed by atoms with Crippen molar-refractivity contribution in [2.24, 2.45) is 0 Å². The first-order chi connectivity index (χ1) is 7.20. The smallest absolute Gasteiger partial charge is 0.155 e. The summed E-state index contributed by atoms with van der Waals surface area (Å²) in [4.78, 5) is 0. The molecule has 1 rings (SSSR count). The Morgan fingerprint density at radius 3 is 2.20 bits per heavy atom. The van der Waals surface area contributed by atoms with Crippen molar-refractivity contribution in [3.8, 4) is 0 Å². The maximum absolute atomic E-state index is 6.81. The second-order valence-corrected chi connectivity index (χ2v) is 15.0. The minimum Gasteiger partial charge on any atom is -0.167 e. The van der Waals surface area contributed by atoms with E-state index in [9.17, 15) is 0 Å². The van der Waals surface area contributed by atoms with Gasteiger partial charge in [0.25, 0.3) is 0 Å². The quantitative estimate of drug-likeness (QED) is 0.466. The van der Waals surface area contributed by atoms with E-state index in [1.54, 1.807) is 18.1 Å². The van der Waals surface area contributed by atoms with Gasteiger partial charge < -0.3 is 0 Å². The normalized spacial score (nSPS) is 31.8. The number of rotatable bonds is 6. The monoisotopic (exact) mass is 262 g/mol. The molecule has 1 heterocycles. The van der Waals surface area contributed by atoms with E-state index in [1.807, 2.05) is 0 Å². The van der Waals surface area contributed by atoms with Crippen LogP contribution in [0.25, 0.3) is 0 Å². The SMILES string of the molecule is CCCC[SiH]1CC[Si](Cl)(CCCC)CC1. The van der Waals surface area contributed by atoms with Gasteiger partial charge in [-0.1, -0.05) is 57.7 Å². The summed E-state index contributed by atoms with van der Waals surface area (Å²) in [6, 6.07) is 9.11. The van der Waals surface area contributed by atoms with E-state index < -0.39 is 7.38 Å². The Kier molecular flexibility index (Phi) is 6.55. The van der Waals surface area contributed by atoms with Crippen LogP contribution in [0.15, 0.2) is 0 Å². The van der Waals surface area contributed by atoms with Crippen LogP contribution in [0.4, 0.5) is 0 Å². The second-order valence-electron chi connectivity index (χ2n) is 5.34. The van der Waals surface area contributed by atoms with Crippen LogP contribution < -0.4 is 0 Å². The number of hydrogen-bond acceptors (Lipinski definition) is 0. The third-order valence-electron chi connectivity index (χ3n) is 3.95. The summed E-state index contributed by atoms with van der Waals surface area (Å²) in [5.41, 5.74) is 0. The Morgan fingerprint density at radius 1 is 1.07 bits per heavy atom. The average Bonchev–Trinajstić information content (AvgIpc) is 2.26. The molecule has 90 valence electrons. The highest BCUT2D eigenvalue weighted by atomic mass is 35.6. The minimum atomic E-state index is -1.23. The Labute approximate surface area is 103 Å². The third kappa shape index (κ3) is 5.05. The molecule has 1 fully saturated rings. The van der Waals surface area contributed by atoms with Gasteiger partial charge in [0, 0.05) is 8.80 Å². The van der Waals surface area contributed by atoms with Crippen molar-refractivity contribution in [1.29, 1.82) is 0 Å². The van der Waals surface area contributed by atoms with Gasteiger partial charge in [-0.2, -0.15) is 11.1 Å². The van der Waals surface area contributed by atoms with Gasteiger partial charge in [0.2, 0.25) is 0 Å². The van der Waals surface area contributed by atoms with Crippen molar-refractivity contribution in [3.05, 3.63) is 0 Å². The van der Waals surface area contributed by atoms with Gasteiger partial charge in [-0.25, -0.2) is 0 Å². The predicted molar refractivity (Wildman–Crippen MR) is 77.4 cm³/mol. The summed E-state index contributed by atoms with van der Waals surface area (Å²) >= 11 is 6.81. The van der Waals surface area contributed by atoms with Crippen molar-refractivity contribution in [1.82, 2.24) is 0 Å². The molecular formula is C12H27ClSi2. The van der Waals surface area contributed by atoms with Crippen molar-refractivity contribution in [3.63, 3.8) is 0 Å². The van der Waals surface area contributed by atoms with Crippen LogP contribution >= 0.6 is 11.1 Å². The lowest BCUT2D eigenvalue weighted by molar-refractivity contribution is 0.851. The van der Waals surface area contributed by atoms with Crippen LogP contribution in [0.2, 0.25) is 36.3 Å². The molecule has 1 aliphatic heterocycles. The first kappa shape index (κ1) is 13.8. The molecule has 0 radical (unpaired) electrons. The third-order valence-corrected chi connectivity index (χ3v) is 13.9. The molecule has 0 N–H and O–H groups in total. The van der Waals surface area contributed by atoms with Gasteiger partial charge in [0.15, 0.2) is 7.38 Å². The van der Waals surface area contributed by atoms with Crippen molar-refractivity contribution in [2.75, 3.05) is 0 Å². The summed E-state index contributed by atoms with van der Waals surface area (Å²) in [7, 11) is -1.54. The number of unbranched alkanes of at least 4 members (excludes halogenated alkanes) is 2.